The molecule has 1 aromatic carbocycles. The molecule has 1 saturated heterocycles. The van der Waals surface area contributed by atoms with E-state index in [4.69, 9.17) is 19.1 Å². The zero-order chi connectivity index (χ0) is 25.9. The molecule has 0 spiro atoms. The standard InChI is InChI=1S/C20H20FN2O11P/c1-11(24)32-16-14(10-31-35(21,29)30)34-19(17(16)33-12(2)25)22-9-8-15(26)23(20(22)28)18(27)13-6-4-3-5-7-13/h3-9,14,16-17,19H,10H2,1-2H3,(H,29,30)/t14-,16-,17-,19-/m1/s1. The van der Waals surface area contributed by atoms with E-state index in [1.165, 1.54) is 24.3 Å². The molecule has 13 nitrogen and oxygen atoms in total. The van der Waals surface area contributed by atoms with Crippen molar-refractivity contribution in [3.05, 3.63) is 69.0 Å². The van der Waals surface area contributed by atoms with Crippen LogP contribution in [0.3, 0.4) is 0 Å². The first-order valence-electron chi connectivity index (χ1n) is 10.00. The Morgan fingerprint density at radius 1 is 1.06 bits per heavy atom. The third kappa shape index (κ3) is 6.17. The molecule has 0 amide bonds. The van der Waals surface area contributed by atoms with Crippen molar-refractivity contribution in [3.8, 4) is 0 Å². The SMILES string of the molecule is CC(=O)O[C@@H]1[C@H](OC(C)=O)[C@@H](COP(=O)(O)F)O[C@H]1n1ccc(=O)n(C(=O)c2ccccc2)c1=O. The normalized spacial score (nSPS) is 23.3. The first-order chi connectivity index (χ1) is 16.4. The Balaban J connectivity index is 2.08. The maximum atomic E-state index is 13.2. The number of ether oxygens (including phenoxy) is 3. The lowest BCUT2D eigenvalue weighted by atomic mass is 10.1. The number of hydrogen-bond donors (Lipinski definition) is 1. The molecule has 1 fully saturated rings. The Hall–Kier alpha value is -3.45. The molecule has 1 aliphatic heterocycles. The highest BCUT2D eigenvalue weighted by atomic mass is 31.2. The summed E-state index contributed by atoms with van der Waals surface area (Å²) in [6, 6.07) is 8.32. The molecule has 2 aromatic rings. The fraction of sp³-hybridized carbons (Fsp3) is 0.350. The lowest BCUT2D eigenvalue weighted by Crippen LogP contribution is -2.47. The molecule has 1 aliphatic rings. The van der Waals surface area contributed by atoms with Gasteiger partial charge in [0.15, 0.2) is 18.4 Å². The summed E-state index contributed by atoms with van der Waals surface area (Å²) in [4.78, 5) is 70.6. The van der Waals surface area contributed by atoms with Gasteiger partial charge in [-0.25, -0.2) is 9.36 Å². The topological polar surface area (TPSA) is 169 Å². The van der Waals surface area contributed by atoms with Crippen molar-refractivity contribution in [3.63, 3.8) is 0 Å². The van der Waals surface area contributed by atoms with E-state index in [9.17, 15) is 32.7 Å². The van der Waals surface area contributed by atoms with Gasteiger partial charge in [0.05, 0.1) is 6.61 Å². The van der Waals surface area contributed by atoms with E-state index in [1.54, 1.807) is 6.07 Å². The van der Waals surface area contributed by atoms with Crippen LogP contribution in [-0.4, -0.2) is 56.8 Å². The van der Waals surface area contributed by atoms with E-state index in [1.807, 2.05) is 0 Å². The summed E-state index contributed by atoms with van der Waals surface area (Å²) >= 11 is 0. The van der Waals surface area contributed by atoms with Gasteiger partial charge in [-0.1, -0.05) is 18.2 Å². The second-order valence-corrected chi connectivity index (χ2v) is 8.47. The molecule has 0 saturated carbocycles. The third-order valence-corrected chi connectivity index (χ3v) is 5.26. The molecule has 35 heavy (non-hydrogen) atoms. The molecule has 1 N–H and O–H groups in total. The predicted octanol–water partition coefficient (Wildman–Crippen LogP) is 0.546. The smallest absolute Gasteiger partial charge is 0.456 e. The number of nitrogens with zero attached hydrogens (tertiary/aromatic N) is 2. The Labute approximate surface area is 196 Å². The highest BCUT2D eigenvalue weighted by Crippen LogP contribution is 2.44. The molecule has 2 heterocycles. The minimum Gasteiger partial charge on any atom is -0.456 e. The fourth-order valence-corrected chi connectivity index (χ4v) is 3.80. The highest BCUT2D eigenvalue weighted by Gasteiger charge is 2.51. The van der Waals surface area contributed by atoms with Crippen LogP contribution in [0.5, 0.6) is 0 Å². The minimum absolute atomic E-state index is 0.0269. The molecule has 0 aliphatic carbocycles. The second-order valence-electron chi connectivity index (χ2n) is 7.31. The minimum atomic E-state index is -5.48. The van der Waals surface area contributed by atoms with Crippen LogP contribution < -0.4 is 11.2 Å². The van der Waals surface area contributed by atoms with Gasteiger partial charge in [0.2, 0.25) is 0 Å². The van der Waals surface area contributed by atoms with Crippen LogP contribution in [0.15, 0.2) is 52.2 Å². The summed E-state index contributed by atoms with van der Waals surface area (Å²) in [7, 11) is -5.48. The number of carbonyl (C=O) groups is 3. The van der Waals surface area contributed by atoms with Crippen molar-refractivity contribution in [1.82, 2.24) is 9.13 Å². The summed E-state index contributed by atoms with van der Waals surface area (Å²) in [6.07, 6.45) is -5.18. The van der Waals surface area contributed by atoms with Crippen LogP contribution in [0.1, 0.15) is 30.4 Å². The molecule has 15 heteroatoms. The Morgan fingerprint density at radius 2 is 1.66 bits per heavy atom. The van der Waals surface area contributed by atoms with Gasteiger partial charge in [-0.15, -0.1) is 4.20 Å². The van der Waals surface area contributed by atoms with Crippen LogP contribution in [-0.2, 0) is 32.9 Å². The molecule has 0 radical (unpaired) electrons. The van der Waals surface area contributed by atoms with Crippen LogP contribution in [0.2, 0.25) is 0 Å². The van der Waals surface area contributed by atoms with Gasteiger partial charge in [0.25, 0.3) is 11.5 Å². The van der Waals surface area contributed by atoms with E-state index < -0.39 is 68.1 Å². The Morgan fingerprint density at radius 3 is 2.23 bits per heavy atom. The largest absolute Gasteiger partial charge is 0.510 e. The fourth-order valence-electron chi connectivity index (χ4n) is 3.47. The van der Waals surface area contributed by atoms with Crippen LogP contribution in [0.4, 0.5) is 4.20 Å². The summed E-state index contributed by atoms with van der Waals surface area (Å²) in [6.45, 7) is 1.08. The zero-order valence-corrected chi connectivity index (χ0v) is 19.2. The van der Waals surface area contributed by atoms with Crippen molar-refractivity contribution < 1.29 is 46.8 Å². The van der Waals surface area contributed by atoms with Crippen LogP contribution >= 0.6 is 7.91 Å². The van der Waals surface area contributed by atoms with Gasteiger partial charge < -0.3 is 14.2 Å². The lowest BCUT2D eigenvalue weighted by molar-refractivity contribution is -0.165. The molecule has 5 atom stereocenters. The first-order valence-corrected chi connectivity index (χ1v) is 11.5. The van der Waals surface area contributed by atoms with Crippen molar-refractivity contribution in [2.75, 3.05) is 6.61 Å². The van der Waals surface area contributed by atoms with Gasteiger partial charge in [-0.3, -0.25) is 33.2 Å². The van der Waals surface area contributed by atoms with Crippen molar-refractivity contribution in [1.29, 1.82) is 0 Å². The number of carbonyl (C=O) groups excluding carboxylic acids is 3. The molecule has 3 rings (SSSR count). The second kappa shape index (κ2) is 10.4. The maximum Gasteiger partial charge on any atom is 0.510 e. The number of aromatic nitrogens is 2. The summed E-state index contributed by atoms with van der Waals surface area (Å²) in [5.41, 5.74) is -2.12. The number of halogens is 1. The Kier molecular flexibility index (Phi) is 7.80. The number of rotatable bonds is 7. The van der Waals surface area contributed by atoms with Gasteiger partial charge >= 0.3 is 25.5 Å². The molecule has 188 valence electrons. The number of esters is 2. The van der Waals surface area contributed by atoms with Crippen LogP contribution in [0, 0.1) is 0 Å². The molecule has 1 unspecified atom stereocenters. The quantitative estimate of drug-likeness (QED) is 0.404. The van der Waals surface area contributed by atoms with Crippen molar-refractivity contribution >= 4 is 25.8 Å². The Bertz CT molecular complexity index is 1290. The average Bonchev–Trinajstić information content (AvgIpc) is 3.08. The maximum absolute atomic E-state index is 13.2. The summed E-state index contributed by atoms with van der Waals surface area (Å²) in [5, 5.41) is 0. The molecular formula is C20H20FN2O11P. The number of benzene rings is 1. The molecular weight excluding hydrogens is 494 g/mol. The third-order valence-electron chi connectivity index (χ3n) is 4.80. The molecule has 0 bridgehead atoms. The van der Waals surface area contributed by atoms with Gasteiger partial charge in [0.1, 0.15) is 6.10 Å². The van der Waals surface area contributed by atoms with Gasteiger partial charge in [-0.05, 0) is 12.1 Å². The molecule has 1 aromatic heterocycles. The monoisotopic (exact) mass is 514 g/mol. The summed E-state index contributed by atoms with van der Waals surface area (Å²) in [5.74, 6) is -2.72. The van der Waals surface area contributed by atoms with E-state index in [0.717, 1.165) is 30.7 Å². The van der Waals surface area contributed by atoms with Gasteiger partial charge in [0, 0.05) is 31.7 Å². The van der Waals surface area contributed by atoms with E-state index in [2.05, 4.69) is 4.52 Å². The lowest BCUT2D eigenvalue weighted by Gasteiger charge is -2.24. The van der Waals surface area contributed by atoms with E-state index in [-0.39, 0.29) is 5.56 Å². The highest BCUT2D eigenvalue weighted by molar-refractivity contribution is 7.46. The summed E-state index contributed by atoms with van der Waals surface area (Å²) < 4.78 is 45.2. The van der Waals surface area contributed by atoms with Gasteiger partial charge in [-0.2, -0.15) is 4.57 Å². The van der Waals surface area contributed by atoms with Crippen LogP contribution in [0.25, 0.3) is 0 Å². The zero-order valence-electron chi connectivity index (χ0n) is 18.3. The van der Waals surface area contributed by atoms with E-state index >= 15 is 0 Å². The van der Waals surface area contributed by atoms with Crippen molar-refractivity contribution in [2.24, 2.45) is 0 Å². The first kappa shape index (κ1) is 26.2. The number of hydrogen-bond acceptors (Lipinski definition) is 10. The predicted molar refractivity (Wildman–Crippen MR) is 113 cm³/mol. The van der Waals surface area contributed by atoms with Crippen molar-refractivity contribution in [2.45, 2.75) is 38.4 Å². The average molecular weight is 514 g/mol. The van der Waals surface area contributed by atoms with E-state index in [0.29, 0.717) is 4.57 Å².